The highest BCUT2D eigenvalue weighted by atomic mass is 16.1. The molecule has 0 bridgehead atoms. The molecular formula is C30H40N16O2. The number of amidine groups is 1. The number of rotatable bonds is 14. The van der Waals surface area contributed by atoms with Crippen molar-refractivity contribution in [2.75, 3.05) is 16.2 Å². The van der Waals surface area contributed by atoms with Crippen LogP contribution in [0.5, 0.6) is 0 Å². The summed E-state index contributed by atoms with van der Waals surface area (Å²) in [6, 6.07) is 1.36. The normalized spacial score (nSPS) is 15.7. The van der Waals surface area contributed by atoms with Crippen molar-refractivity contribution >= 4 is 52.1 Å². The monoisotopic (exact) mass is 656 g/mol. The van der Waals surface area contributed by atoms with E-state index in [4.69, 9.17) is 16.2 Å². The summed E-state index contributed by atoms with van der Waals surface area (Å²) >= 11 is 0. The average Bonchev–Trinajstić information content (AvgIpc) is 3.80. The molecule has 0 aliphatic carbocycles. The van der Waals surface area contributed by atoms with Gasteiger partial charge in [0.25, 0.3) is 0 Å². The Labute approximate surface area is 277 Å². The maximum absolute atomic E-state index is 12.1. The molecule has 1 saturated heterocycles. The molecule has 0 amide bonds. The number of hydrazine groups is 1. The molecule has 0 radical (unpaired) electrons. The van der Waals surface area contributed by atoms with Crippen molar-refractivity contribution in [1.29, 1.82) is 5.41 Å². The summed E-state index contributed by atoms with van der Waals surface area (Å²) < 4.78 is 4.47. The molecule has 1 aliphatic rings. The van der Waals surface area contributed by atoms with Gasteiger partial charge in [0.05, 0.1) is 35.3 Å². The summed E-state index contributed by atoms with van der Waals surface area (Å²) in [4.78, 5) is 33.1. The average molecular weight is 657 g/mol. The number of nitrogens with zero attached hydrogens (tertiary/aromatic N) is 12. The first-order valence-electron chi connectivity index (χ1n) is 15.7. The van der Waals surface area contributed by atoms with Crippen LogP contribution in [0.15, 0.2) is 40.1 Å². The number of hydrazone groups is 1. The fraction of sp³-hybridized carbons (Fsp3) is 0.433. The molecule has 4 aromatic heterocycles. The van der Waals surface area contributed by atoms with Gasteiger partial charge in [-0.15, -0.1) is 10.2 Å². The van der Waals surface area contributed by atoms with Crippen molar-refractivity contribution in [3.05, 3.63) is 41.6 Å². The van der Waals surface area contributed by atoms with Gasteiger partial charge in [-0.05, 0) is 33.1 Å². The van der Waals surface area contributed by atoms with Crippen LogP contribution in [0.25, 0.3) is 5.82 Å². The van der Waals surface area contributed by atoms with E-state index in [0.29, 0.717) is 64.3 Å². The maximum Gasteiger partial charge on any atom is 0.183 e. The smallest absolute Gasteiger partial charge is 0.183 e. The number of hydrogen-bond acceptors (Lipinski definition) is 14. The van der Waals surface area contributed by atoms with Gasteiger partial charge in [-0.1, -0.05) is 33.1 Å². The number of aryl methyl sites for hydroxylation is 3. The molecule has 0 saturated carbocycles. The lowest BCUT2D eigenvalue weighted by Gasteiger charge is -2.17. The predicted molar refractivity (Wildman–Crippen MR) is 180 cm³/mol. The Morgan fingerprint density at radius 1 is 1.00 bits per heavy atom. The van der Waals surface area contributed by atoms with Gasteiger partial charge in [0.1, 0.15) is 12.0 Å². The Bertz CT molecular complexity index is 1900. The molecule has 1 atom stereocenters. The number of aromatic nitrogens is 8. The summed E-state index contributed by atoms with van der Waals surface area (Å²) in [5.74, 6) is 1.41. The van der Waals surface area contributed by atoms with Crippen molar-refractivity contribution in [2.24, 2.45) is 29.4 Å². The Balaban J connectivity index is 1.48. The van der Waals surface area contributed by atoms with E-state index in [2.05, 4.69) is 60.2 Å². The molecular weight excluding hydrogens is 616 g/mol. The molecule has 5 N–H and O–H groups in total. The number of azo groups is 1. The molecule has 1 aliphatic heterocycles. The Morgan fingerprint density at radius 2 is 1.69 bits per heavy atom. The number of anilines is 3. The summed E-state index contributed by atoms with van der Waals surface area (Å²) in [6.07, 6.45) is 9.22. The zero-order valence-electron chi connectivity index (χ0n) is 27.9. The van der Waals surface area contributed by atoms with E-state index in [9.17, 15) is 9.59 Å². The van der Waals surface area contributed by atoms with Crippen LogP contribution < -0.4 is 21.6 Å². The summed E-state index contributed by atoms with van der Waals surface area (Å²) in [5.41, 5.74) is 15.1. The minimum atomic E-state index is -0.299. The second kappa shape index (κ2) is 14.4. The first kappa shape index (κ1) is 33.7. The van der Waals surface area contributed by atoms with Gasteiger partial charge in [0.2, 0.25) is 0 Å². The highest BCUT2D eigenvalue weighted by molar-refractivity contribution is 6.48. The number of nitrogen functional groups attached to an aromatic ring is 1. The lowest BCUT2D eigenvalue weighted by Crippen LogP contribution is -2.38. The number of Topliss-reactive ketones (excluding diaryl/α,β-unsaturated/α-hetero) is 2. The zero-order valence-corrected chi connectivity index (χ0v) is 27.9. The zero-order chi connectivity index (χ0) is 34.5. The number of unbranched alkanes of at least 4 members (excludes halogenated alkanes) is 2. The molecule has 0 aromatic carbocycles. The first-order valence-corrected chi connectivity index (χ1v) is 15.7. The fourth-order valence-electron chi connectivity index (χ4n) is 5.16. The molecule has 5 rings (SSSR count). The second-order valence-electron chi connectivity index (χ2n) is 11.4. The van der Waals surface area contributed by atoms with Gasteiger partial charge in [-0.3, -0.25) is 25.1 Å². The number of nitrogens with one attached hydrogen (secondary N) is 3. The SMILES string of the molecule is CCCCc1nn(-c2cc(N3NC(CCCC)C(=NNc4c(C(C)=O)cnn4C)C3=N)ncn2)c(N)c1N=Nc1c(C(C)=O)cnn1C. The van der Waals surface area contributed by atoms with E-state index in [1.54, 1.807) is 20.2 Å². The maximum atomic E-state index is 12.1. The number of nitrogens with two attached hydrogens (primary N) is 1. The van der Waals surface area contributed by atoms with Crippen molar-refractivity contribution in [2.45, 2.75) is 72.3 Å². The van der Waals surface area contributed by atoms with E-state index in [0.717, 1.165) is 25.7 Å². The highest BCUT2D eigenvalue weighted by Crippen LogP contribution is 2.33. The van der Waals surface area contributed by atoms with Gasteiger partial charge in [0, 0.05) is 20.2 Å². The van der Waals surface area contributed by atoms with Crippen LogP contribution in [0.3, 0.4) is 0 Å². The molecule has 48 heavy (non-hydrogen) atoms. The fourth-order valence-corrected chi connectivity index (χ4v) is 5.16. The van der Waals surface area contributed by atoms with E-state index in [1.807, 2.05) is 0 Å². The van der Waals surface area contributed by atoms with Gasteiger partial charge >= 0.3 is 0 Å². The number of ketones is 2. The predicted octanol–water partition coefficient (Wildman–Crippen LogP) is 4.20. The van der Waals surface area contributed by atoms with Gasteiger partial charge < -0.3 is 5.73 Å². The van der Waals surface area contributed by atoms with Gasteiger partial charge in [-0.2, -0.15) is 25.1 Å². The molecule has 1 fully saturated rings. The summed E-state index contributed by atoms with van der Waals surface area (Å²) in [7, 11) is 3.39. The number of carbonyl (C=O) groups excluding carboxylic acids is 2. The molecule has 252 valence electrons. The van der Waals surface area contributed by atoms with E-state index in [1.165, 1.54) is 51.6 Å². The minimum Gasteiger partial charge on any atom is -0.382 e. The van der Waals surface area contributed by atoms with Crippen LogP contribution in [-0.2, 0) is 20.5 Å². The number of hydrogen-bond donors (Lipinski definition) is 4. The molecule has 5 heterocycles. The van der Waals surface area contributed by atoms with Crippen LogP contribution in [0, 0.1) is 5.41 Å². The molecule has 1 unspecified atom stereocenters. The van der Waals surface area contributed by atoms with Crippen LogP contribution in [-0.4, -0.2) is 68.5 Å². The molecule has 0 spiro atoms. The third kappa shape index (κ3) is 6.73. The second-order valence-corrected chi connectivity index (χ2v) is 11.4. The third-order valence-electron chi connectivity index (χ3n) is 7.88. The standard InChI is InChI=1S/C30H40N16O2/c1-7-9-11-21-25(37-39-29-19(17(3)47)14-35-43(29)5)27(31)45(41-21)23-13-24(34-16-33-23)46-28(32)26(22(42-46)12-10-8-2)38-40-30-20(18(4)48)15-36-44(30)6/h13-16,21,31,39,41H,7-12,32H2,1-6H3. The van der Waals surface area contributed by atoms with Crippen molar-refractivity contribution in [1.82, 2.24) is 44.7 Å². The van der Waals surface area contributed by atoms with Crippen LogP contribution in [0.1, 0.15) is 86.2 Å². The van der Waals surface area contributed by atoms with Gasteiger partial charge in [0.15, 0.2) is 52.2 Å². The van der Waals surface area contributed by atoms with Crippen LogP contribution >= 0.6 is 0 Å². The Morgan fingerprint density at radius 3 is 2.40 bits per heavy atom. The van der Waals surface area contributed by atoms with Crippen molar-refractivity contribution in [3.8, 4) is 5.82 Å². The van der Waals surface area contributed by atoms with Gasteiger partial charge in [-0.25, -0.2) is 25.1 Å². The van der Waals surface area contributed by atoms with E-state index in [-0.39, 0.29) is 29.3 Å². The lowest BCUT2D eigenvalue weighted by atomic mass is 10.1. The first-order chi connectivity index (χ1) is 23.0. The highest BCUT2D eigenvalue weighted by Gasteiger charge is 2.35. The Hall–Kier alpha value is -5.65. The lowest BCUT2D eigenvalue weighted by molar-refractivity contribution is 0.101. The molecule has 18 nitrogen and oxygen atoms in total. The topological polar surface area (TPSA) is 228 Å². The minimum absolute atomic E-state index is 0.0730. The largest absolute Gasteiger partial charge is 0.382 e. The van der Waals surface area contributed by atoms with E-state index < -0.39 is 0 Å². The molecule has 4 aromatic rings. The third-order valence-corrected chi connectivity index (χ3v) is 7.88. The Kier molecular flexibility index (Phi) is 10.1. The van der Waals surface area contributed by atoms with Crippen LogP contribution in [0.2, 0.25) is 0 Å². The van der Waals surface area contributed by atoms with Crippen molar-refractivity contribution < 1.29 is 9.59 Å². The molecule has 18 heteroatoms. The summed E-state index contributed by atoms with van der Waals surface area (Å²) in [5, 5.41) is 36.9. The van der Waals surface area contributed by atoms with Crippen molar-refractivity contribution in [3.63, 3.8) is 0 Å². The van der Waals surface area contributed by atoms with E-state index >= 15 is 0 Å². The summed E-state index contributed by atoms with van der Waals surface area (Å²) in [6.45, 7) is 7.07. The number of carbonyl (C=O) groups is 2. The van der Waals surface area contributed by atoms with Crippen LogP contribution in [0.4, 0.5) is 29.0 Å². The quantitative estimate of drug-likeness (QED) is 0.0854.